The van der Waals surface area contributed by atoms with Crippen LogP contribution in [0.15, 0.2) is 48.5 Å². The van der Waals surface area contributed by atoms with Crippen molar-refractivity contribution in [2.45, 2.75) is 12.5 Å². The molecular formula is C18H18N2O. The van der Waals surface area contributed by atoms with Gasteiger partial charge in [0.05, 0.1) is 13.2 Å². The fourth-order valence-corrected chi connectivity index (χ4v) is 3.26. The van der Waals surface area contributed by atoms with Gasteiger partial charge in [0.25, 0.3) is 0 Å². The highest BCUT2D eigenvalue weighted by Gasteiger charge is 2.25. The number of aromatic nitrogens is 1. The van der Waals surface area contributed by atoms with E-state index >= 15 is 0 Å². The Morgan fingerprint density at radius 3 is 2.76 bits per heavy atom. The monoisotopic (exact) mass is 278 g/mol. The molecule has 0 bridgehead atoms. The Balaban J connectivity index is 1.88. The largest absolute Gasteiger partial charge is 0.497 e. The zero-order valence-corrected chi connectivity index (χ0v) is 12.0. The van der Waals surface area contributed by atoms with Gasteiger partial charge in [-0.2, -0.15) is 0 Å². The van der Waals surface area contributed by atoms with Crippen LogP contribution in [-0.2, 0) is 6.42 Å². The third-order valence-electron chi connectivity index (χ3n) is 4.29. The summed E-state index contributed by atoms with van der Waals surface area (Å²) in [6.07, 6.45) is 1.05. The maximum Gasteiger partial charge on any atom is 0.119 e. The minimum atomic E-state index is 0.244. The number of rotatable bonds is 2. The molecule has 0 amide bonds. The Bertz CT molecular complexity index is 777. The first-order valence-corrected chi connectivity index (χ1v) is 7.33. The lowest BCUT2D eigenvalue weighted by molar-refractivity contribution is 0.415. The molecule has 3 aromatic rings. The number of fused-ring (bicyclic) bond motifs is 3. The first-order valence-electron chi connectivity index (χ1n) is 7.33. The van der Waals surface area contributed by atoms with E-state index in [0.29, 0.717) is 0 Å². The predicted molar refractivity (Wildman–Crippen MR) is 84.8 cm³/mol. The smallest absolute Gasteiger partial charge is 0.119 e. The minimum absolute atomic E-state index is 0.244. The third kappa shape index (κ3) is 2.01. The van der Waals surface area contributed by atoms with Crippen LogP contribution in [0.2, 0.25) is 0 Å². The van der Waals surface area contributed by atoms with Gasteiger partial charge in [0, 0.05) is 23.1 Å². The van der Waals surface area contributed by atoms with Crippen LogP contribution in [0.3, 0.4) is 0 Å². The number of ether oxygens (including phenoxy) is 1. The number of methoxy groups -OCH3 is 1. The van der Waals surface area contributed by atoms with E-state index < -0.39 is 0 Å². The molecular weight excluding hydrogens is 260 g/mol. The number of hydrogen-bond donors (Lipinski definition) is 2. The molecule has 3 nitrogen and oxygen atoms in total. The highest BCUT2D eigenvalue weighted by molar-refractivity contribution is 5.86. The lowest BCUT2D eigenvalue weighted by atomic mass is 9.94. The SMILES string of the molecule is COc1ccc2[nH]c3c(c2c1)CCN[C@@H]3c1ccccc1. The number of nitrogens with one attached hydrogen (secondary N) is 2. The second-order valence-electron chi connectivity index (χ2n) is 5.48. The Morgan fingerprint density at radius 2 is 1.95 bits per heavy atom. The number of aromatic amines is 1. The highest BCUT2D eigenvalue weighted by Crippen LogP contribution is 2.34. The van der Waals surface area contributed by atoms with E-state index in [1.54, 1.807) is 7.11 Å². The van der Waals surface area contributed by atoms with Gasteiger partial charge in [0.15, 0.2) is 0 Å². The van der Waals surface area contributed by atoms with E-state index in [2.05, 4.69) is 52.8 Å². The standard InChI is InChI=1S/C18H18N2O/c1-21-13-7-8-16-15(11-13)14-9-10-19-17(18(14)20-16)12-5-3-2-4-6-12/h2-8,11,17,19-20H,9-10H2,1H3/t17-/m1/s1. The van der Waals surface area contributed by atoms with Gasteiger partial charge in [-0.05, 0) is 35.7 Å². The lowest BCUT2D eigenvalue weighted by Gasteiger charge is -2.24. The van der Waals surface area contributed by atoms with Gasteiger partial charge in [-0.25, -0.2) is 0 Å². The average molecular weight is 278 g/mol. The van der Waals surface area contributed by atoms with Crippen LogP contribution in [0.1, 0.15) is 22.9 Å². The van der Waals surface area contributed by atoms with E-state index in [0.717, 1.165) is 18.7 Å². The second-order valence-corrected chi connectivity index (χ2v) is 5.48. The van der Waals surface area contributed by atoms with Gasteiger partial charge in [-0.1, -0.05) is 30.3 Å². The summed E-state index contributed by atoms with van der Waals surface area (Å²) in [6, 6.07) is 17.1. The Morgan fingerprint density at radius 1 is 1.10 bits per heavy atom. The quantitative estimate of drug-likeness (QED) is 0.753. The Hall–Kier alpha value is -2.26. The summed E-state index contributed by atoms with van der Waals surface area (Å²) in [5.41, 5.74) is 5.19. The molecule has 2 N–H and O–H groups in total. The molecule has 4 rings (SSSR count). The first kappa shape index (κ1) is 12.5. The molecule has 0 spiro atoms. The highest BCUT2D eigenvalue weighted by atomic mass is 16.5. The predicted octanol–water partition coefficient (Wildman–Crippen LogP) is 3.41. The zero-order valence-electron chi connectivity index (χ0n) is 12.0. The van der Waals surface area contributed by atoms with Crippen molar-refractivity contribution in [3.8, 4) is 5.75 Å². The first-order chi connectivity index (χ1) is 10.4. The molecule has 1 atom stereocenters. The molecule has 1 aliphatic heterocycles. The average Bonchev–Trinajstić information content (AvgIpc) is 2.93. The molecule has 106 valence electrons. The Labute approximate surface area is 123 Å². The normalized spacial score (nSPS) is 17.7. The van der Waals surface area contributed by atoms with E-state index in [4.69, 9.17) is 4.74 Å². The van der Waals surface area contributed by atoms with Gasteiger partial charge in [0.2, 0.25) is 0 Å². The molecule has 2 aromatic carbocycles. The van der Waals surface area contributed by atoms with Gasteiger partial charge < -0.3 is 15.0 Å². The topological polar surface area (TPSA) is 37.0 Å². The molecule has 0 aliphatic carbocycles. The van der Waals surface area contributed by atoms with E-state index in [1.807, 2.05) is 6.07 Å². The van der Waals surface area contributed by atoms with Crippen LogP contribution >= 0.6 is 0 Å². The van der Waals surface area contributed by atoms with Crippen molar-refractivity contribution in [1.82, 2.24) is 10.3 Å². The summed E-state index contributed by atoms with van der Waals surface area (Å²) >= 11 is 0. The van der Waals surface area contributed by atoms with E-state index in [9.17, 15) is 0 Å². The van der Waals surface area contributed by atoms with Crippen LogP contribution in [0.25, 0.3) is 10.9 Å². The summed E-state index contributed by atoms with van der Waals surface area (Å²) in [4.78, 5) is 3.60. The maximum absolute atomic E-state index is 5.36. The number of benzene rings is 2. The van der Waals surface area contributed by atoms with Crippen LogP contribution in [0.5, 0.6) is 5.75 Å². The maximum atomic E-state index is 5.36. The fraction of sp³-hybridized carbons (Fsp3) is 0.222. The molecule has 21 heavy (non-hydrogen) atoms. The van der Waals surface area contributed by atoms with Gasteiger partial charge in [-0.15, -0.1) is 0 Å². The lowest BCUT2D eigenvalue weighted by Crippen LogP contribution is -2.30. The summed E-state index contributed by atoms with van der Waals surface area (Å²) in [5, 5.41) is 4.90. The second kappa shape index (κ2) is 4.93. The number of H-pyrrole nitrogens is 1. The van der Waals surface area contributed by atoms with E-state index in [1.165, 1.54) is 27.7 Å². The molecule has 2 heterocycles. The van der Waals surface area contributed by atoms with Crippen molar-refractivity contribution >= 4 is 10.9 Å². The van der Waals surface area contributed by atoms with Crippen molar-refractivity contribution in [2.24, 2.45) is 0 Å². The molecule has 1 aromatic heterocycles. The van der Waals surface area contributed by atoms with Crippen LogP contribution in [-0.4, -0.2) is 18.6 Å². The summed E-state index contributed by atoms with van der Waals surface area (Å²) < 4.78 is 5.36. The van der Waals surface area contributed by atoms with Gasteiger partial charge in [0.1, 0.15) is 5.75 Å². The molecule has 0 unspecified atom stereocenters. The van der Waals surface area contributed by atoms with Crippen molar-refractivity contribution < 1.29 is 4.74 Å². The van der Waals surface area contributed by atoms with Gasteiger partial charge >= 0.3 is 0 Å². The zero-order chi connectivity index (χ0) is 14.2. The van der Waals surface area contributed by atoms with Crippen molar-refractivity contribution in [2.75, 3.05) is 13.7 Å². The third-order valence-corrected chi connectivity index (χ3v) is 4.29. The Kier molecular flexibility index (Phi) is 2.93. The van der Waals surface area contributed by atoms with Crippen LogP contribution < -0.4 is 10.1 Å². The van der Waals surface area contributed by atoms with E-state index in [-0.39, 0.29) is 6.04 Å². The summed E-state index contributed by atoms with van der Waals surface area (Å²) in [7, 11) is 1.72. The molecule has 1 aliphatic rings. The molecule has 0 saturated heterocycles. The van der Waals surface area contributed by atoms with Gasteiger partial charge in [-0.3, -0.25) is 0 Å². The van der Waals surface area contributed by atoms with Crippen molar-refractivity contribution in [3.05, 3.63) is 65.4 Å². The fourth-order valence-electron chi connectivity index (χ4n) is 3.26. The van der Waals surface area contributed by atoms with Crippen molar-refractivity contribution in [3.63, 3.8) is 0 Å². The summed E-state index contributed by atoms with van der Waals surface area (Å²) in [6.45, 7) is 0.997. The number of hydrogen-bond acceptors (Lipinski definition) is 2. The van der Waals surface area contributed by atoms with Crippen molar-refractivity contribution in [1.29, 1.82) is 0 Å². The molecule has 3 heteroatoms. The van der Waals surface area contributed by atoms with Crippen LogP contribution in [0, 0.1) is 0 Å². The molecule has 0 saturated carbocycles. The van der Waals surface area contributed by atoms with Crippen LogP contribution in [0.4, 0.5) is 0 Å². The molecule has 0 radical (unpaired) electrons. The summed E-state index contributed by atoms with van der Waals surface area (Å²) in [5.74, 6) is 0.916. The minimum Gasteiger partial charge on any atom is -0.497 e. The molecule has 0 fully saturated rings.